The van der Waals surface area contributed by atoms with Gasteiger partial charge in [0.25, 0.3) is 0 Å². The highest BCUT2D eigenvalue weighted by atomic mass is 32.1. The molecular formula is C15H12N2OS. The summed E-state index contributed by atoms with van der Waals surface area (Å²) in [6.07, 6.45) is 1.78. The first-order valence-corrected chi connectivity index (χ1v) is 6.81. The summed E-state index contributed by atoms with van der Waals surface area (Å²) in [6.45, 7) is 3.45. The summed E-state index contributed by atoms with van der Waals surface area (Å²) in [6, 6.07) is 9.91. The molecule has 19 heavy (non-hydrogen) atoms. The van der Waals surface area contributed by atoms with Crippen molar-refractivity contribution in [3.8, 4) is 10.6 Å². The standard InChI is InChI=1S/C15H12N2OS/c1-9-14(10(2)18)19-15(17-9)12-7-8-16-13-6-4-3-5-11(12)13/h3-8H,1-2H3. The molecule has 3 aromatic rings. The van der Waals surface area contributed by atoms with Crippen molar-refractivity contribution in [3.05, 3.63) is 47.1 Å². The lowest BCUT2D eigenvalue weighted by Gasteiger charge is -2.01. The van der Waals surface area contributed by atoms with E-state index in [0.29, 0.717) is 0 Å². The van der Waals surface area contributed by atoms with Crippen molar-refractivity contribution in [2.45, 2.75) is 13.8 Å². The second kappa shape index (κ2) is 4.55. The van der Waals surface area contributed by atoms with E-state index in [1.807, 2.05) is 37.3 Å². The van der Waals surface area contributed by atoms with E-state index in [0.717, 1.165) is 32.0 Å². The summed E-state index contributed by atoms with van der Waals surface area (Å²) < 4.78 is 0. The highest BCUT2D eigenvalue weighted by molar-refractivity contribution is 7.17. The van der Waals surface area contributed by atoms with Crippen LogP contribution in [0.1, 0.15) is 22.3 Å². The number of nitrogens with zero attached hydrogens (tertiary/aromatic N) is 2. The molecule has 3 nitrogen and oxygen atoms in total. The van der Waals surface area contributed by atoms with Gasteiger partial charge in [0, 0.05) is 24.1 Å². The summed E-state index contributed by atoms with van der Waals surface area (Å²) in [5, 5.41) is 1.94. The fourth-order valence-electron chi connectivity index (χ4n) is 2.12. The van der Waals surface area contributed by atoms with E-state index >= 15 is 0 Å². The summed E-state index contributed by atoms with van der Waals surface area (Å²) in [4.78, 5) is 21.1. The van der Waals surface area contributed by atoms with Crippen molar-refractivity contribution in [1.82, 2.24) is 9.97 Å². The van der Waals surface area contributed by atoms with Crippen molar-refractivity contribution in [1.29, 1.82) is 0 Å². The van der Waals surface area contributed by atoms with Crippen molar-refractivity contribution in [2.75, 3.05) is 0 Å². The quantitative estimate of drug-likeness (QED) is 0.663. The number of hydrogen-bond acceptors (Lipinski definition) is 4. The molecular weight excluding hydrogens is 256 g/mol. The average Bonchev–Trinajstić information content (AvgIpc) is 2.80. The number of thiazole rings is 1. The van der Waals surface area contributed by atoms with Crippen LogP contribution in [-0.4, -0.2) is 15.8 Å². The number of ketones is 1. The molecule has 0 saturated carbocycles. The zero-order valence-electron chi connectivity index (χ0n) is 10.7. The number of rotatable bonds is 2. The van der Waals surface area contributed by atoms with Gasteiger partial charge in [-0.3, -0.25) is 9.78 Å². The maximum atomic E-state index is 11.5. The van der Waals surface area contributed by atoms with Crippen LogP contribution in [0.25, 0.3) is 21.5 Å². The van der Waals surface area contributed by atoms with Crippen LogP contribution in [0.2, 0.25) is 0 Å². The van der Waals surface area contributed by atoms with Crippen LogP contribution in [0.3, 0.4) is 0 Å². The number of aromatic nitrogens is 2. The van der Waals surface area contributed by atoms with Crippen LogP contribution in [0.5, 0.6) is 0 Å². The van der Waals surface area contributed by atoms with E-state index in [-0.39, 0.29) is 5.78 Å². The van der Waals surface area contributed by atoms with Crippen LogP contribution >= 0.6 is 11.3 Å². The number of hydrogen-bond donors (Lipinski definition) is 0. The molecule has 1 aromatic carbocycles. The predicted octanol–water partition coefficient (Wildman–Crippen LogP) is 3.87. The molecule has 0 aliphatic carbocycles. The minimum absolute atomic E-state index is 0.0691. The third-order valence-corrected chi connectivity index (χ3v) is 4.29. The van der Waals surface area contributed by atoms with Gasteiger partial charge in [0.2, 0.25) is 0 Å². The van der Waals surface area contributed by atoms with Crippen molar-refractivity contribution < 1.29 is 4.79 Å². The van der Waals surface area contributed by atoms with E-state index in [9.17, 15) is 4.79 Å². The van der Waals surface area contributed by atoms with Crippen molar-refractivity contribution >= 4 is 28.0 Å². The smallest absolute Gasteiger partial charge is 0.171 e. The number of pyridine rings is 1. The molecule has 0 aliphatic rings. The fourth-order valence-corrected chi connectivity index (χ4v) is 3.12. The number of carbonyl (C=O) groups is 1. The maximum Gasteiger partial charge on any atom is 0.171 e. The second-order valence-corrected chi connectivity index (χ2v) is 5.36. The van der Waals surface area contributed by atoms with Gasteiger partial charge >= 0.3 is 0 Å². The maximum absolute atomic E-state index is 11.5. The molecule has 94 valence electrons. The molecule has 3 rings (SSSR count). The minimum Gasteiger partial charge on any atom is -0.294 e. The Morgan fingerprint density at radius 1 is 1.21 bits per heavy atom. The zero-order valence-corrected chi connectivity index (χ0v) is 11.5. The number of Topliss-reactive ketones (excluding diaryl/α,β-unsaturated/α-hetero) is 1. The van der Waals surface area contributed by atoms with Gasteiger partial charge in [-0.15, -0.1) is 11.3 Å². The van der Waals surface area contributed by atoms with E-state index in [4.69, 9.17) is 0 Å². The molecule has 2 heterocycles. The molecule has 0 fully saturated rings. The SMILES string of the molecule is CC(=O)c1sc(-c2ccnc3ccccc23)nc1C. The predicted molar refractivity (Wildman–Crippen MR) is 77.6 cm³/mol. The number of carbonyl (C=O) groups excluding carboxylic acids is 1. The molecule has 0 amide bonds. The van der Waals surface area contributed by atoms with E-state index in [1.54, 1.807) is 13.1 Å². The summed E-state index contributed by atoms with van der Waals surface area (Å²) >= 11 is 1.45. The van der Waals surface area contributed by atoms with Gasteiger partial charge in [-0.25, -0.2) is 4.98 Å². The Morgan fingerprint density at radius 2 is 2.00 bits per heavy atom. The van der Waals surface area contributed by atoms with Crippen LogP contribution in [0.4, 0.5) is 0 Å². The molecule has 0 radical (unpaired) electrons. The van der Waals surface area contributed by atoms with Crippen LogP contribution < -0.4 is 0 Å². The lowest BCUT2D eigenvalue weighted by Crippen LogP contribution is -1.89. The van der Waals surface area contributed by atoms with Gasteiger partial charge < -0.3 is 0 Å². The lowest BCUT2D eigenvalue weighted by molar-refractivity contribution is 0.102. The monoisotopic (exact) mass is 268 g/mol. The van der Waals surface area contributed by atoms with Crippen LogP contribution in [-0.2, 0) is 0 Å². The van der Waals surface area contributed by atoms with Gasteiger partial charge in [0.05, 0.1) is 16.1 Å². The molecule has 2 aromatic heterocycles. The van der Waals surface area contributed by atoms with E-state index < -0.39 is 0 Å². The third kappa shape index (κ3) is 2.04. The normalized spacial score (nSPS) is 10.8. The van der Waals surface area contributed by atoms with Crippen LogP contribution in [0.15, 0.2) is 36.5 Å². The zero-order chi connectivity index (χ0) is 13.4. The first-order valence-electron chi connectivity index (χ1n) is 5.99. The van der Waals surface area contributed by atoms with Crippen molar-refractivity contribution in [3.63, 3.8) is 0 Å². The highest BCUT2D eigenvalue weighted by Gasteiger charge is 2.14. The third-order valence-electron chi connectivity index (χ3n) is 3.00. The molecule has 0 unspecified atom stereocenters. The molecule has 4 heteroatoms. The Balaban J connectivity index is 2.25. The summed E-state index contributed by atoms with van der Waals surface area (Å²) in [5.41, 5.74) is 2.77. The molecule has 0 N–H and O–H groups in total. The lowest BCUT2D eigenvalue weighted by atomic mass is 10.1. The molecule has 0 saturated heterocycles. The van der Waals surface area contributed by atoms with Gasteiger partial charge in [-0.1, -0.05) is 18.2 Å². The van der Waals surface area contributed by atoms with Crippen LogP contribution in [0, 0.1) is 6.92 Å². The Morgan fingerprint density at radius 3 is 2.74 bits per heavy atom. The summed E-state index contributed by atoms with van der Waals surface area (Å²) in [7, 11) is 0. The summed E-state index contributed by atoms with van der Waals surface area (Å²) in [5.74, 6) is 0.0691. The van der Waals surface area contributed by atoms with E-state index in [1.165, 1.54) is 11.3 Å². The Kier molecular flexibility index (Phi) is 2.87. The number of fused-ring (bicyclic) bond motifs is 1. The Hall–Kier alpha value is -2.07. The molecule has 0 atom stereocenters. The molecule has 0 aliphatic heterocycles. The second-order valence-electron chi connectivity index (χ2n) is 4.37. The van der Waals surface area contributed by atoms with Gasteiger partial charge in [-0.2, -0.15) is 0 Å². The molecule has 0 spiro atoms. The fraction of sp³-hybridized carbons (Fsp3) is 0.133. The van der Waals surface area contributed by atoms with Gasteiger partial charge in [-0.05, 0) is 19.1 Å². The topological polar surface area (TPSA) is 42.9 Å². The number of para-hydroxylation sites is 1. The highest BCUT2D eigenvalue weighted by Crippen LogP contribution is 2.32. The van der Waals surface area contributed by atoms with Gasteiger partial charge in [0.1, 0.15) is 5.01 Å². The van der Waals surface area contributed by atoms with Gasteiger partial charge in [0.15, 0.2) is 5.78 Å². The number of benzene rings is 1. The van der Waals surface area contributed by atoms with E-state index in [2.05, 4.69) is 9.97 Å². The largest absolute Gasteiger partial charge is 0.294 e. The number of aryl methyl sites for hydroxylation is 1. The minimum atomic E-state index is 0.0691. The average molecular weight is 268 g/mol. The molecule has 0 bridgehead atoms. The Labute approximate surface area is 115 Å². The first kappa shape index (κ1) is 12.0. The van der Waals surface area contributed by atoms with Crippen molar-refractivity contribution in [2.24, 2.45) is 0 Å². The Bertz CT molecular complexity index is 771. The first-order chi connectivity index (χ1) is 9.16.